The van der Waals surface area contributed by atoms with E-state index >= 15 is 0 Å². The maximum atomic E-state index is 12.5. The van der Waals surface area contributed by atoms with Gasteiger partial charge >= 0.3 is 6.03 Å². The van der Waals surface area contributed by atoms with E-state index in [1.165, 1.54) is 0 Å². The maximum absolute atomic E-state index is 12.5. The van der Waals surface area contributed by atoms with Crippen LogP contribution < -0.4 is 15.4 Å². The van der Waals surface area contributed by atoms with Gasteiger partial charge in [0.05, 0.1) is 0 Å². The molecule has 2 N–H and O–H groups in total. The Morgan fingerprint density at radius 2 is 1.96 bits per heavy atom. The molecule has 2 fully saturated rings. The number of carbonyl (C=O) groups is 3. The Balaban J connectivity index is 1.44. The van der Waals surface area contributed by atoms with Crippen LogP contribution in [-0.4, -0.2) is 48.0 Å². The first-order chi connectivity index (χ1) is 13.0. The van der Waals surface area contributed by atoms with Crippen LogP contribution in [0.25, 0.3) is 0 Å². The molecule has 0 atom stereocenters. The van der Waals surface area contributed by atoms with Crippen molar-refractivity contribution in [2.75, 3.05) is 19.7 Å². The number of amides is 4. The molecule has 7 heteroatoms. The zero-order valence-electron chi connectivity index (χ0n) is 15.1. The smallest absolute Gasteiger partial charge is 0.325 e. The molecule has 1 saturated heterocycles. The largest absolute Gasteiger partial charge is 0.481 e. The predicted molar refractivity (Wildman–Crippen MR) is 98.9 cm³/mol. The molecule has 27 heavy (non-hydrogen) atoms. The lowest BCUT2D eigenvalue weighted by Gasteiger charge is -2.19. The fourth-order valence-electron chi connectivity index (χ4n) is 3.56. The van der Waals surface area contributed by atoms with E-state index in [-0.39, 0.29) is 25.0 Å². The van der Waals surface area contributed by atoms with Gasteiger partial charge in [-0.25, -0.2) is 4.79 Å². The van der Waals surface area contributed by atoms with Gasteiger partial charge in [0.25, 0.3) is 5.91 Å². The zero-order valence-corrected chi connectivity index (χ0v) is 15.1. The molecule has 4 amide bonds. The Morgan fingerprint density at radius 3 is 2.63 bits per heavy atom. The summed E-state index contributed by atoms with van der Waals surface area (Å²) < 4.78 is 5.31. The van der Waals surface area contributed by atoms with Crippen molar-refractivity contribution in [1.82, 2.24) is 15.5 Å². The zero-order chi connectivity index (χ0) is 19.3. The first-order valence-electron chi connectivity index (χ1n) is 9.10. The Hall–Kier alpha value is -3.01. The molecule has 142 valence electrons. The van der Waals surface area contributed by atoms with E-state index in [9.17, 15) is 14.4 Å². The molecule has 0 bridgehead atoms. The summed E-state index contributed by atoms with van der Waals surface area (Å²) in [4.78, 5) is 37.7. The van der Waals surface area contributed by atoms with Crippen molar-refractivity contribution < 1.29 is 19.1 Å². The Kier molecular flexibility index (Phi) is 5.65. The molecule has 1 aliphatic carbocycles. The second-order valence-corrected chi connectivity index (χ2v) is 6.85. The summed E-state index contributed by atoms with van der Waals surface area (Å²) in [6.45, 7) is 0.392. The number of nitrogens with zero attached hydrogens (tertiary/aromatic N) is 1. The van der Waals surface area contributed by atoms with Crippen molar-refractivity contribution in [3.8, 4) is 18.1 Å². The Labute approximate surface area is 158 Å². The summed E-state index contributed by atoms with van der Waals surface area (Å²) in [6, 6.07) is 6.98. The minimum absolute atomic E-state index is 0.222. The highest BCUT2D eigenvalue weighted by molar-refractivity contribution is 6.09. The van der Waals surface area contributed by atoms with Gasteiger partial charge in [-0.05, 0) is 37.0 Å². The van der Waals surface area contributed by atoms with E-state index in [0.29, 0.717) is 31.6 Å². The number of hydrogen-bond acceptors (Lipinski definition) is 4. The number of rotatable bonds is 7. The lowest BCUT2D eigenvalue weighted by atomic mass is 9.98. The van der Waals surface area contributed by atoms with Gasteiger partial charge in [-0.1, -0.05) is 30.9 Å². The van der Waals surface area contributed by atoms with Gasteiger partial charge in [-0.2, -0.15) is 0 Å². The number of benzene rings is 1. The minimum atomic E-state index is -0.777. The number of urea groups is 1. The third-order valence-corrected chi connectivity index (χ3v) is 4.99. The van der Waals surface area contributed by atoms with Crippen LogP contribution in [0, 0.1) is 12.3 Å². The third kappa shape index (κ3) is 4.22. The topological polar surface area (TPSA) is 87.7 Å². The summed E-state index contributed by atoms with van der Waals surface area (Å²) in [5, 5.41) is 5.53. The lowest BCUT2D eigenvalue weighted by Crippen LogP contribution is -2.45. The molecule has 1 aliphatic heterocycles. The number of imide groups is 1. The summed E-state index contributed by atoms with van der Waals surface area (Å²) in [7, 11) is 0. The fourth-order valence-corrected chi connectivity index (χ4v) is 3.56. The van der Waals surface area contributed by atoms with Crippen LogP contribution in [0.2, 0.25) is 0 Å². The van der Waals surface area contributed by atoms with Crippen LogP contribution >= 0.6 is 0 Å². The molecule has 2 aliphatic rings. The predicted octanol–water partition coefficient (Wildman–Crippen LogP) is 1.22. The van der Waals surface area contributed by atoms with Crippen LogP contribution in [0.5, 0.6) is 5.75 Å². The molecule has 1 aromatic rings. The highest BCUT2D eigenvalue weighted by Gasteiger charge is 2.52. The molecule has 0 radical (unpaired) electrons. The molecule has 1 heterocycles. The van der Waals surface area contributed by atoms with Gasteiger partial charge in [-0.3, -0.25) is 14.5 Å². The second kappa shape index (κ2) is 8.12. The Bertz CT molecular complexity index is 760. The molecular weight excluding hydrogens is 346 g/mol. The average molecular weight is 369 g/mol. The number of terminal acetylenes is 1. The molecule has 0 aromatic heterocycles. The molecule has 1 spiro atoms. The van der Waals surface area contributed by atoms with E-state index in [1.807, 2.05) is 24.3 Å². The van der Waals surface area contributed by atoms with Crippen LogP contribution in [0.4, 0.5) is 4.79 Å². The number of hydrogen-bond donors (Lipinski definition) is 2. The van der Waals surface area contributed by atoms with E-state index < -0.39 is 11.6 Å². The molecule has 3 rings (SSSR count). The van der Waals surface area contributed by atoms with E-state index in [4.69, 9.17) is 11.2 Å². The monoisotopic (exact) mass is 369 g/mol. The first-order valence-corrected chi connectivity index (χ1v) is 9.10. The normalized spacial score (nSPS) is 17.7. The van der Waals surface area contributed by atoms with Gasteiger partial charge in [-0.15, -0.1) is 6.42 Å². The molecule has 1 saturated carbocycles. The Morgan fingerprint density at radius 1 is 1.26 bits per heavy atom. The lowest BCUT2D eigenvalue weighted by molar-refractivity contribution is -0.134. The first kappa shape index (κ1) is 18.8. The highest BCUT2D eigenvalue weighted by atomic mass is 16.5. The van der Waals surface area contributed by atoms with E-state index in [2.05, 4.69) is 16.6 Å². The van der Waals surface area contributed by atoms with Crippen molar-refractivity contribution >= 4 is 17.8 Å². The van der Waals surface area contributed by atoms with E-state index in [1.54, 1.807) is 0 Å². The highest BCUT2D eigenvalue weighted by Crippen LogP contribution is 2.34. The molecular formula is C20H23N3O4. The fraction of sp³-hybridized carbons (Fsp3) is 0.450. The van der Waals surface area contributed by atoms with Crippen molar-refractivity contribution in [2.45, 2.75) is 37.6 Å². The number of carbonyl (C=O) groups excluding carboxylic acids is 3. The van der Waals surface area contributed by atoms with Crippen LogP contribution in [0.1, 0.15) is 31.2 Å². The van der Waals surface area contributed by atoms with Gasteiger partial charge in [0.1, 0.15) is 24.4 Å². The summed E-state index contributed by atoms with van der Waals surface area (Å²) in [5.41, 5.74) is 0.254. The molecule has 1 aromatic carbocycles. The van der Waals surface area contributed by atoms with Crippen molar-refractivity contribution in [2.24, 2.45) is 0 Å². The molecule has 0 unspecified atom stereocenters. The SMILES string of the molecule is C#CCOc1ccc(CCNC(=O)CN2C(=O)NC3(CCCC3)C2=O)cc1. The van der Waals surface area contributed by atoms with Crippen LogP contribution in [-0.2, 0) is 16.0 Å². The average Bonchev–Trinajstić information content (AvgIpc) is 3.22. The van der Waals surface area contributed by atoms with Gasteiger partial charge in [0, 0.05) is 6.54 Å². The van der Waals surface area contributed by atoms with Crippen LogP contribution in [0.15, 0.2) is 24.3 Å². The van der Waals surface area contributed by atoms with Crippen molar-refractivity contribution in [1.29, 1.82) is 0 Å². The number of ether oxygens (including phenoxy) is 1. The third-order valence-electron chi connectivity index (χ3n) is 4.99. The van der Waals surface area contributed by atoms with Gasteiger partial charge < -0.3 is 15.4 Å². The molecule has 7 nitrogen and oxygen atoms in total. The van der Waals surface area contributed by atoms with Crippen molar-refractivity contribution in [3.05, 3.63) is 29.8 Å². The summed E-state index contributed by atoms with van der Waals surface area (Å²) in [5.74, 6) is 2.48. The van der Waals surface area contributed by atoms with Gasteiger partial charge in [0.2, 0.25) is 5.91 Å². The van der Waals surface area contributed by atoms with Crippen LogP contribution in [0.3, 0.4) is 0 Å². The van der Waals surface area contributed by atoms with Crippen molar-refractivity contribution in [3.63, 3.8) is 0 Å². The van der Waals surface area contributed by atoms with E-state index in [0.717, 1.165) is 23.3 Å². The summed E-state index contributed by atoms with van der Waals surface area (Å²) >= 11 is 0. The summed E-state index contributed by atoms with van der Waals surface area (Å²) in [6.07, 6.45) is 8.90. The standard InChI is InChI=1S/C20H23N3O4/c1-2-13-27-16-7-5-15(6-8-16)9-12-21-17(24)14-23-18(25)20(22-19(23)26)10-3-4-11-20/h1,5-8H,3-4,9-14H2,(H,21,24)(H,22,26). The quantitative estimate of drug-likeness (QED) is 0.559. The second-order valence-electron chi connectivity index (χ2n) is 6.85. The van der Waals surface area contributed by atoms with Gasteiger partial charge in [0.15, 0.2) is 0 Å². The minimum Gasteiger partial charge on any atom is -0.481 e. The maximum Gasteiger partial charge on any atom is 0.325 e. The number of nitrogens with one attached hydrogen (secondary N) is 2.